The van der Waals surface area contributed by atoms with Crippen LogP contribution in [0, 0.1) is 0 Å². The van der Waals surface area contributed by atoms with Crippen molar-refractivity contribution in [2.45, 2.75) is 37.0 Å². The van der Waals surface area contributed by atoms with Gasteiger partial charge in [0.1, 0.15) is 0 Å². The fraction of sp³-hybridized carbons (Fsp3) is 1.00. The lowest BCUT2D eigenvalue weighted by molar-refractivity contribution is 0.130. The molecule has 0 aliphatic carbocycles. The van der Waals surface area contributed by atoms with Gasteiger partial charge in [0.25, 0.3) is 0 Å². The van der Waals surface area contributed by atoms with Crippen molar-refractivity contribution in [2.75, 3.05) is 45.5 Å². The molecule has 2 heterocycles. The highest BCUT2D eigenvalue weighted by Crippen LogP contribution is 2.37. The van der Waals surface area contributed by atoms with Gasteiger partial charge in [-0.25, -0.2) is 0 Å². The summed E-state index contributed by atoms with van der Waals surface area (Å²) in [6.07, 6.45) is 4.03. The van der Waals surface area contributed by atoms with E-state index in [0.29, 0.717) is 0 Å². The number of hydrogen-bond donors (Lipinski definition) is 1. The van der Waals surface area contributed by atoms with E-state index in [4.69, 9.17) is 5.73 Å². The first-order valence-corrected chi connectivity index (χ1v) is 7.96. The minimum absolute atomic E-state index is 0.268. The number of rotatable bonds is 5. The van der Waals surface area contributed by atoms with Gasteiger partial charge >= 0.3 is 0 Å². The molecule has 2 N–H and O–H groups in total. The Kier molecular flexibility index (Phi) is 4.75. The molecular weight excluding hydrogens is 230 g/mol. The molecule has 2 aliphatic heterocycles. The largest absolute Gasteiger partial charge is 0.329 e. The quantitative estimate of drug-likeness (QED) is 0.803. The maximum absolute atomic E-state index is 6.05. The van der Waals surface area contributed by atoms with E-state index in [1.54, 1.807) is 0 Å². The third kappa shape index (κ3) is 3.16. The average molecular weight is 257 g/mol. The summed E-state index contributed by atoms with van der Waals surface area (Å²) in [6, 6.07) is 0. The van der Waals surface area contributed by atoms with Crippen LogP contribution < -0.4 is 5.73 Å². The van der Waals surface area contributed by atoms with Crippen LogP contribution >= 0.6 is 11.8 Å². The third-order valence-corrected chi connectivity index (χ3v) is 5.88. The zero-order chi connectivity index (χ0) is 12.3. The lowest BCUT2D eigenvalue weighted by atomic mass is 9.94. The Hall–Kier alpha value is 0.230. The molecule has 0 saturated carbocycles. The van der Waals surface area contributed by atoms with Gasteiger partial charge in [-0.1, -0.05) is 6.92 Å². The summed E-state index contributed by atoms with van der Waals surface area (Å²) in [5, 5.41) is 0.771. The second-order valence-electron chi connectivity index (χ2n) is 5.72. The molecule has 100 valence electrons. The Morgan fingerprint density at radius 1 is 1.41 bits per heavy atom. The smallest absolute Gasteiger partial charge is 0.0429 e. The van der Waals surface area contributed by atoms with Crippen molar-refractivity contribution in [2.24, 2.45) is 5.73 Å². The fourth-order valence-electron chi connectivity index (χ4n) is 3.05. The summed E-state index contributed by atoms with van der Waals surface area (Å²) in [5.74, 6) is 1.21. The van der Waals surface area contributed by atoms with E-state index < -0.39 is 0 Å². The Morgan fingerprint density at radius 3 is 2.65 bits per heavy atom. The molecule has 2 atom stereocenters. The van der Waals surface area contributed by atoms with Crippen LogP contribution in [0.2, 0.25) is 0 Å². The van der Waals surface area contributed by atoms with Crippen molar-refractivity contribution in [3.8, 4) is 0 Å². The summed E-state index contributed by atoms with van der Waals surface area (Å²) in [6.45, 7) is 8.13. The Morgan fingerprint density at radius 2 is 2.12 bits per heavy atom. The van der Waals surface area contributed by atoms with E-state index in [-0.39, 0.29) is 5.54 Å². The summed E-state index contributed by atoms with van der Waals surface area (Å²) in [5.41, 5.74) is 6.31. The fourth-order valence-corrected chi connectivity index (χ4v) is 4.53. The Balaban J connectivity index is 1.82. The highest BCUT2D eigenvalue weighted by atomic mass is 32.2. The minimum atomic E-state index is 0.268. The number of likely N-dealkylation sites (tertiary alicyclic amines) is 1. The molecule has 3 nitrogen and oxygen atoms in total. The Labute approximate surface area is 110 Å². The summed E-state index contributed by atoms with van der Waals surface area (Å²) >= 11 is 2.08. The van der Waals surface area contributed by atoms with Gasteiger partial charge in [-0.2, -0.15) is 11.8 Å². The van der Waals surface area contributed by atoms with E-state index in [9.17, 15) is 0 Å². The lowest BCUT2D eigenvalue weighted by Crippen LogP contribution is -2.54. The maximum atomic E-state index is 6.05. The summed E-state index contributed by atoms with van der Waals surface area (Å²) in [7, 11) is 2.27. The summed E-state index contributed by atoms with van der Waals surface area (Å²) in [4.78, 5) is 5.12. The van der Waals surface area contributed by atoms with Gasteiger partial charge in [-0.15, -0.1) is 0 Å². The lowest BCUT2D eigenvalue weighted by Gasteiger charge is -2.38. The maximum Gasteiger partial charge on any atom is 0.0429 e. The zero-order valence-corrected chi connectivity index (χ0v) is 12.1. The molecule has 2 saturated heterocycles. The molecule has 0 aromatic carbocycles. The molecule has 0 aromatic heterocycles. The summed E-state index contributed by atoms with van der Waals surface area (Å²) < 4.78 is 0. The number of nitrogens with two attached hydrogens (primary N) is 1. The normalized spacial score (nSPS) is 34.9. The number of likely N-dealkylation sites (N-methyl/N-ethyl adjacent to an activating group) is 1. The highest BCUT2D eigenvalue weighted by Gasteiger charge is 2.40. The average Bonchev–Trinajstić information content (AvgIpc) is 2.95. The van der Waals surface area contributed by atoms with Gasteiger partial charge in [0, 0.05) is 36.2 Å². The van der Waals surface area contributed by atoms with Gasteiger partial charge in [0.15, 0.2) is 0 Å². The van der Waals surface area contributed by atoms with Crippen molar-refractivity contribution in [3.05, 3.63) is 0 Å². The van der Waals surface area contributed by atoms with E-state index >= 15 is 0 Å². The van der Waals surface area contributed by atoms with Gasteiger partial charge in [-0.05, 0) is 39.4 Å². The van der Waals surface area contributed by atoms with E-state index in [1.807, 2.05) is 0 Å². The SMILES string of the molecule is CC1CC(CN)(N(C)CCN2CCCC2)CS1. The third-order valence-electron chi connectivity index (χ3n) is 4.44. The Bertz CT molecular complexity index is 243. The van der Waals surface area contributed by atoms with Gasteiger partial charge in [-0.3, -0.25) is 4.90 Å². The van der Waals surface area contributed by atoms with Crippen LogP contribution in [0.4, 0.5) is 0 Å². The molecule has 0 bridgehead atoms. The van der Waals surface area contributed by atoms with Crippen molar-refractivity contribution in [3.63, 3.8) is 0 Å². The van der Waals surface area contributed by atoms with Gasteiger partial charge in [0.2, 0.25) is 0 Å². The molecule has 2 fully saturated rings. The minimum Gasteiger partial charge on any atom is -0.329 e. The molecular formula is C13H27N3S. The predicted octanol–water partition coefficient (Wildman–Crippen LogP) is 1.24. The topological polar surface area (TPSA) is 32.5 Å². The van der Waals surface area contributed by atoms with Crippen LogP contribution in [0.1, 0.15) is 26.2 Å². The van der Waals surface area contributed by atoms with Crippen LogP contribution in [0.5, 0.6) is 0 Å². The second-order valence-corrected chi connectivity index (χ2v) is 7.15. The standard InChI is InChI=1S/C13H27N3S/c1-12-9-13(10-14,11-17-12)15(2)7-8-16-5-3-4-6-16/h12H,3-11,14H2,1-2H3. The molecule has 0 radical (unpaired) electrons. The van der Waals surface area contributed by atoms with Crippen LogP contribution in [0.3, 0.4) is 0 Å². The van der Waals surface area contributed by atoms with Crippen LogP contribution in [0.15, 0.2) is 0 Å². The molecule has 0 aromatic rings. The van der Waals surface area contributed by atoms with Crippen molar-refractivity contribution in [1.29, 1.82) is 0 Å². The first-order valence-electron chi connectivity index (χ1n) is 6.91. The van der Waals surface area contributed by atoms with Crippen molar-refractivity contribution >= 4 is 11.8 Å². The van der Waals surface area contributed by atoms with Crippen molar-refractivity contribution in [1.82, 2.24) is 9.80 Å². The predicted molar refractivity (Wildman–Crippen MR) is 76.6 cm³/mol. The van der Waals surface area contributed by atoms with Crippen LogP contribution in [-0.2, 0) is 0 Å². The number of nitrogens with zero attached hydrogens (tertiary/aromatic N) is 2. The van der Waals surface area contributed by atoms with Crippen LogP contribution in [-0.4, -0.2) is 66.1 Å². The molecule has 4 heteroatoms. The second kappa shape index (κ2) is 5.91. The van der Waals surface area contributed by atoms with E-state index in [2.05, 4.69) is 35.5 Å². The van der Waals surface area contributed by atoms with Crippen molar-refractivity contribution < 1.29 is 0 Å². The van der Waals surface area contributed by atoms with E-state index in [0.717, 1.165) is 11.8 Å². The van der Waals surface area contributed by atoms with Gasteiger partial charge in [0.05, 0.1) is 0 Å². The monoisotopic (exact) mass is 257 g/mol. The number of hydrogen-bond acceptors (Lipinski definition) is 4. The first kappa shape index (κ1) is 13.7. The van der Waals surface area contributed by atoms with Gasteiger partial charge < -0.3 is 10.6 Å². The zero-order valence-electron chi connectivity index (χ0n) is 11.3. The number of thioether (sulfide) groups is 1. The first-order chi connectivity index (χ1) is 8.16. The van der Waals surface area contributed by atoms with E-state index in [1.165, 1.54) is 51.2 Å². The van der Waals surface area contributed by atoms with Crippen LogP contribution in [0.25, 0.3) is 0 Å². The molecule has 17 heavy (non-hydrogen) atoms. The molecule has 2 rings (SSSR count). The molecule has 0 spiro atoms. The molecule has 2 unspecified atom stereocenters. The highest BCUT2D eigenvalue weighted by molar-refractivity contribution is 8.00. The molecule has 0 amide bonds. The molecule has 2 aliphatic rings.